The molecule has 1 unspecified atom stereocenters. The van der Waals surface area contributed by atoms with Gasteiger partial charge in [0.05, 0.1) is 7.11 Å². The molecule has 1 aliphatic heterocycles. The Labute approximate surface area is 123 Å². The molecule has 0 amide bonds. The third-order valence-corrected chi connectivity index (χ3v) is 4.41. The van der Waals surface area contributed by atoms with Crippen LogP contribution in [0.1, 0.15) is 75.0 Å². The molecule has 0 saturated carbocycles. The molecule has 1 heterocycles. The molecule has 112 valence electrons. The largest absolute Gasteiger partial charge is 0.496 e. The highest BCUT2D eigenvalue weighted by Gasteiger charge is 2.25. The predicted molar refractivity (Wildman–Crippen MR) is 86.0 cm³/mol. The fourth-order valence-electron chi connectivity index (χ4n) is 3.34. The zero-order valence-electron chi connectivity index (χ0n) is 13.6. The number of ether oxygens (including phenoxy) is 1. The highest BCUT2D eigenvalue weighted by molar-refractivity contribution is 5.51. The molecule has 0 bridgehead atoms. The maximum atomic E-state index is 5.85. The number of nitrogens with one attached hydrogen (secondary N) is 1. The van der Waals surface area contributed by atoms with Crippen LogP contribution in [-0.4, -0.2) is 20.2 Å². The average Bonchev–Trinajstić information content (AvgIpc) is 2.46. The van der Waals surface area contributed by atoms with E-state index >= 15 is 0 Å². The number of piperidine rings is 1. The molecule has 0 aromatic heterocycles. The summed E-state index contributed by atoms with van der Waals surface area (Å²) in [6.45, 7) is 11.3. The molecule has 1 aromatic rings. The number of benzene rings is 1. The number of rotatable bonds is 4. The van der Waals surface area contributed by atoms with Gasteiger partial charge < -0.3 is 10.1 Å². The number of methoxy groups -OCH3 is 1. The Kier molecular flexibility index (Phi) is 5.09. The van der Waals surface area contributed by atoms with Crippen LogP contribution in [0.5, 0.6) is 5.75 Å². The average molecular weight is 275 g/mol. The van der Waals surface area contributed by atoms with E-state index in [9.17, 15) is 0 Å². The van der Waals surface area contributed by atoms with E-state index in [4.69, 9.17) is 4.74 Å². The predicted octanol–water partition coefficient (Wildman–Crippen LogP) is 4.41. The second-order valence-corrected chi connectivity index (χ2v) is 6.54. The van der Waals surface area contributed by atoms with Crippen LogP contribution in [0.15, 0.2) is 12.1 Å². The minimum absolute atomic E-state index is 0.501. The summed E-state index contributed by atoms with van der Waals surface area (Å²) in [5.41, 5.74) is 4.26. The molecule has 20 heavy (non-hydrogen) atoms. The van der Waals surface area contributed by atoms with Crippen molar-refractivity contribution >= 4 is 0 Å². The highest BCUT2D eigenvalue weighted by Crippen LogP contribution is 2.41. The summed E-state index contributed by atoms with van der Waals surface area (Å²) < 4.78 is 5.85. The Morgan fingerprint density at radius 1 is 1.10 bits per heavy atom. The summed E-state index contributed by atoms with van der Waals surface area (Å²) in [4.78, 5) is 0. The summed E-state index contributed by atoms with van der Waals surface area (Å²) in [5.74, 6) is 2.78. The Morgan fingerprint density at radius 2 is 1.75 bits per heavy atom. The molecule has 1 N–H and O–H groups in total. The van der Waals surface area contributed by atoms with Gasteiger partial charge in [-0.1, -0.05) is 39.8 Å². The van der Waals surface area contributed by atoms with Crippen molar-refractivity contribution < 1.29 is 4.74 Å². The third kappa shape index (κ3) is 3.01. The van der Waals surface area contributed by atoms with Crippen molar-refractivity contribution in [2.24, 2.45) is 0 Å². The molecule has 0 spiro atoms. The summed E-state index contributed by atoms with van der Waals surface area (Å²) >= 11 is 0. The smallest absolute Gasteiger partial charge is 0.126 e. The fourth-order valence-corrected chi connectivity index (χ4v) is 3.34. The monoisotopic (exact) mass is 275 g/mol. The molecule has 1 atom stereocenters. The van der Waals surface area contributed by atoms with Crippen LogP contribution in [0.2, 0.25) is 0 Å². The normalized spacial score (nSPS) is 19.6. The molecule has 0 aliphatic carbocycles. The van der Waals surface area contributed by atoms with Gasteiger partial charge in [-0.05, 0) is 42.3 Å². The second-order valence-electron chi connectivity index (χ2n) is 6.54. The molecule has 1 aromatic carbocycles. The molecule has 1 fully saturated rings. The standard InChI is InChI=1S/C18H29NO/c1-12(2)15-8-9-16(13(3)4)18(20-5)17(15)14-7-6-10-19-11-14/h8-9,12-14,19H,6-7,10-11H2,1-5H3. The van der Waals surface area contributed by atoms with Crippen molar-refractivity contribution in [3.05, 3.63) is 28.8 Å². The van der Waals surface area contributed by atoms with Crippen molar-refractivity contribution in [1.82, 2.24) is 5.32 Å². The first-order valence-corrected chi connectivity index (χ1v) is 7.97. The van der Waals surface area contributed by atoms with Crippen LogP contribution in [0.3, 0.4) is 0 Å². The van der Waals surface area contributed by atoms with Gasteiger partial charge in [-0.3, -0.25) is 0 Å². The van der Waals surface area contributed by atoms with Crippen LogP contribution in [0.4, 0.5) is 0 Å². The van der Waals surface area contributed by atoms with Crippen molar-refractivity contribution in [3.8, 4) is 5.75 Å². The van der Waals surface area contributed by atoms with Gasteiger partial charge in [0.1, 0.15) is 5.75 Å². The van der Waals surface area contributed by atoms with E-state index < -0.39 is 0 Å². The van der Waals surface area contributed by atoms with Gasteiger partial charge in [0.25, 0.3) is 0 Å². The molecule has 1 saturated heterocycles. The summed E-state index contributed by atoms with van der Waals surface area (Å²) in [5, 5.41) is 3.54. The van der Waals surface area contributed by atoms with E-state index in [1.54, 1.807) is 0 Å². The van der Waals surface area contributed by atoms with Gasteiger partial charge in [0, 0.05) is 18.0 Å². The Hall–Kier alpha value is -1.02. The van der Waals surface area contributed by atoms with Crippen molar-refractivity contribution in [2.45, 2.75) is 58.3 Å². The first kappa shape index (κ1) is 15.4. The second kappa shape index (κ2) is 6.62. The maximum Gasteiger partial charge on any atom is 0.126 e. The van der Waals surface area contributed by atoms with E-state index in [0.717, 1.165) is 18.8 Å². The summed E-state index contributed by atoms with van der Waals surface area (Å²) in [7, 11) is 1.82. The van der Waals surface area contributed by atoms with Crippen LogP contribution in [0.25, 0.3) is 0 Å². The van der Waals surface area contributed by atoms with Crippen molar-refractivity contribution in [1.29, 1.82) is 0 Å². The lowest BCUT2D eigenvalue weighted by atomic mass is 9.81. The van der Waals surface area contributed by atoms with Gasteiger partial charge in [0.2, 0.25) is 0 Å². The molecule has 1 aliphatic rings. The van der Waals surface area contributed by atoms with Crippen LogP contribution >= 0.6 is 0 Å². The zero-order chi connectivity index (χ0) is 14.7. The summed E-state index contributed by atoms with van der Waals surface area (Å²) in [6, 6.07) is 4.59. The van der Waals surface area contributed by atoms with Gasteiger partial charge in [-0.15, -0.1) is 0 Å². The number of hydrogen-bond donors (Lipinski definition) is 1. The molecule has 0 radical (unpaired) electrons. The molecule has 2 heteroatoms. The van der Waals surface area contributed by atoms with E-state index in [0.29, 0.717) is 17.8 Å². The van der Waals surface area contributed by atoms with Crippen molar-refractivity contribution in [2.75, 3.05) is 20.2 Å². The van der Waals surface area contributed by atoms with Gasteiger partial charge >= 0.3 is 0 Å². The van der Waals surface area contributed by atoms with Gasteiger partial charge in [-0.25, -0.2) is 0 Å². The quantitative estimate of drug-likeness (QED) is 0.879. The Bertz CT molecular complexity index is 445. The third-order valence-electron chi connectivity index (χ3n) is 4.41. The Balaban J connectivity index is 2.55. The van der Waals surface area contributed by atoms with E-state index in [2.05, 4.69) is 45.1 Å². The van der Waals surface area contributed by atoms with Gasteiger partial charge in [-0.2, -0.15) is 0 Å². The first-order valence-electron chi connectivity index (χ1n) is 7.97. The lowest BCUT2D eigenvalue weighted by Gasteiger charge is -2.30. The lowest BCUT2D eigenvalue weighted by Crippen LogP contribution is -2.29. The van der Waals surface area contributed by atoms with Crippen LogP contribution in [-0.2, 0) is 0 Å². The SMILES string of the molecule is COc1c(C(C)C)ccc(C(C)C)c1C1CCCNC1. The zero-order valence-corrected chi connectivity index (χ0v) is 13.6. The lowest BCUT2D eigenvalue weighted by molar-refractivity contribution is 0.384. The van der Waals surface area contributed by atoms with Crippen LogP contribution < -0.4 is 10.1 Å². The van der Waals surface area contributed by atoms with E-state index in [-0.39, 0.29) is 0 Å². The van der Waals surface area contributed by atoms with Crippen LogP contribution in [0, 0.1) is 0 Å². The highest BCUT2D eigenvalue weighted by atomic mass is 16.5. The fraction of sp³-hybridized carbons (Fsp3) is 0.667. The minimum atomic E-state index is 0.501. The topological polar surface area (TPSA) is 21.3 Å². The molecule has 2 rings (SSSR count). The minimum Gasteiger partial charge on any atom is -0.496 e. The molecule has 2 nitrogen and oxygen atoms in total. The molecular weight excluding hydrogens is 246 g/mol. The summed E-state index contributed by atoms with van der Waals surface area (Å²) in [6.07, 6.45) is 2.53. The first-order chi connectivity index (χ1) is 9.56. The van der Waals surface area contributed by atoms with Crippen molar-refractivity contribution in [3.63, 3.8) is 0 Å². The Morgan fingerprint density at radius 3 is 2.25 bits per heavy atom. The number of hydrogen-bond acceptors (Lipinski definition) is 2. The van der Waals surface area contributed by atoms with Gasteiger partial charge in [0.15, 0.2) is 0 Å². The molecular formula is C18H29NO. The van der Waals surface area contributed by atoms with E-state index in [1.165, 1.54) is 29.5 Å². The maximum absolute atomic E-state index is 5.85. The van der Waals surface area contributed by atoms with E-state index in [1.807, 2.05) is 7.11 Å².